The van der Waals surface area contributed by atoms with Crippen molar-refractivity contribution in [1.82, 2.24) is 0 Å². The number of esters is 1. The van der Waals surface area contributed by atoms with E-state index in [-0.39, 0.29) is 16.8 Å². The largest absolute Gasteiger partial charge is 0.464 e. The van der Waals surface area contributed by atoms with Crippen molar-refractivity contribution in [3.63, 3.8) is 0 Å². The molecule has 1 spiro atoms. The molecule has 0 aromatic heterocycles. The Hall–Kier alpha value is -1.57. The van der Waals surface area contributed by atoms with Gasteiger partial charge in [-0.3, -0.25) is 4.79 Å². The number of hydrogen-bond donors (Lipinski definition) is 0. The molecule has 0 N–H and O–H groups in total. The monoisotopic (exact) mass is 226 g/mol. The van der Waals surface area contributed by atoms with Crippen LogP contribution in [0.5, 0.6) is 0 Å². The molecule has 1 saturated heterocycles. The minimum absolute atomic E-state index is 0.0193. The fourth-order valence-corrected chi connectivity index (χ4v) is 4.21. The van der Waals surface area contributed by atoms with E-state index in [4.69, 9.17) is 4.74 Å². The van der Waals surface area contributed by atoms with E-state index in [9.17, 15) is 4.79 Å². The average molecular weight is 226 g/mol. The molecule has 4 atom stereocenters. The number of benzene rings is 1. The summed E-state index contributed by atoms with van der Waals surface area (Å²) in [7, 11) is 0. The van der Waals surface area contributed by atoms with E-state index in [1.165, 1.54) is 0 Å². The third kappa shape index (κ3) is 0.753. The molecule has 1 saturated carbocycles. The van der Waals surface area contributed by atoms with Crippen molar-refractivity contribution in [3.05, 3.63) is 48.0 Å². The van der Waals surface area contributed by atoms with Gasteiger partial charge in [0.2, 0.25) is 0 Å². The zero-order valence-corrected chi connectivity index (χ0v) is 9.72. The standard InChI is InChI=1S/C15H14O2/c1-10-7-8-12-14(10)9-17-13(16)15(12,14)11-5-3-2-4-6-11/h2-8,10,12H,9H2,1H3/t10-,12-,14+,15-/m1/s1. The summed E-state index contributed by atoms with van der Waals surface area (Å²) in [5.74, 6) is 0.762. The van der Waals surface area contributed by atoms with E-state index >= 15 is 0 Å². The van der Waals surface area contributed by atoms with E-state index in [1.54, 1.807) is 0 Å². The number of ether oxygens (including phenoxy) is 1. The molecule has 2 fully saturated rings. The minimum Gasteiger partial charge on any atom is -0.464 e. The van der Waals surface area contributed by atoms with Crippen LogP contribution >= 0.6 is 0 Å². The van der Waals surface area contributed by atoms with E-state index < -0.39 is 0 Å². The molecule has 1 aromatic rings. The summed E-state index contributed by atoms with van der Waals surface area (Å²) in [4.78, 5) is 12.2. The fourth-order valence-electron chi connectivity index (χ4n) is 4.21. The molecule has 4 rings (SSSR count). The lowest BCUT2D eigenvalue weighted by Gasteiger charge is -2.18. The SMILES string of the molecule is C[C@@H]1C=C[C@@H]2[C@]13COC(=O)[C@@]23c1ccccc1. The smallest absolute Gasteiger partial charge is 0.317 e. The number of cyclic esters (lactones) is 1. The Balaban J connectivity index is 1.94. The van der Waals surface area contributed by atoms with Crippen molar-refractivity contribution in [2.24, 2.45) is 17.3 Å². The van der Waals surface area contributed by atoms with E-state index in [2.05, 4.69) is 31.2 Å². The Morgan fingerprint density at radius 2 is 2.00 bits per heavy atom. The Labute approximate surface area is 100 Å². The van der Waals surface area contributed by atoms with Gasteiger partial charge in [-0.2, -0.15) is 0 Å². The molecule has 0 bridgehead atoms. The molecule has 0 unspecified atom stereocenters. The predicted molar refractivity (Wildman–Crippen MR) is 63.3 cm³/mol. The highest BCUT2D eigenvalue weighted by atomic mass is 16.5. The van der Waals surface area contributed by atoms with E-state index in [1.807, 2.05) is 18.2 Å². The van der Waals surface area contributed by atoms with Gasteiger partial charge in [0, 0.05) is 11.3 Å². The lowest BCUT2D eigenvalue weighted by molar-refractivity contribution is -0.142. The maximum Gasteiger partial charge on any atom is 0.317 e. The third-order valence-corrected chi connectivity index (χ3v) is 5.07. The normalized spacial score (nSPS) is 45.4. The van der Waals surface area contributed by atoms with E-state index in [0.29, 0.717) is 18.4 Å². The van der Waals surface area contributed by atoms with Gasteiger partial charge in [-0.15, -0.1) is 0 Å². The maximum absolute atomic E-state index is 12.2. The second-order valence-electron chi connectivity index (χ2n) is 5.44. The molecule has 1 aliphatic heterocycles. The molecule has 0 radical (unpaired) electrons. The van der Waals surface area contributed by atoms with Crippen LogP contribution in [0.2, 0.25) is 0 Å². The van der Waals surface area contributed by atoms with Crippen LogP contribution in [0.4, 0.5) is 0 Å². The van der Waals surface area contributed by atoms with Crippen LogP contribution in [0, 0.1) is 17.3 Å². The van der Waals surface area contributed by atoms with Gasteiger partial charge in [-0.25, -0.2) is 0 Å². The van der Waals surface area contributed by atoms with Gasteiger partial charge in [0.15, 0.2) is 0 Å². The highest BCUT2D eigenvalue weighted by molar-refractivity contribution is 5.94. The number of allylic oxidation sites excluding steroid dienone is 2. The maximum atomic E-state index is 12.2. The Morgan fingerprint density at radius 1 is 1.24 bits per heavy atom. The van der Waals surface area contributed by atoms with Crippen LogP contribution in [0.1, 0.15) is 12.5 Å². The summed E-state index contributed by atoms with van der Waals surface area (Å²) < 4.78 is 5.37. The van der Waals surface area contributed by atoms with Crippen LogP contribution in [0.15, 0.2) is 42.5 Å². The molecule has 17 heavy (non-hydrogen) atoms. The van der Waals surface area contributed by atoms with Crippen LogP contribution in [-0.2, 0) is 14.9 Å². The Bertz CT molecular complexity index is 533. The molecule has 2 nitrogen and oxygen atoms in total. The Morgan fingerprint density at radius 3 is 2.71 bits per heavy atom. The quantitative estimate of drug-likeness (QED) is 0.542. The first kappa shape index (κ1) is 9.46. The predicted octanol–water partition coefficient (Wildman–Crippen LogP) is 2.30. The highest BCUT2D eigenvalue weighted by Gasteiger charge is 2.87. The first-order valence-electron chi connectivity index (χ1n) is 6.15. The summed E-state index contributed by atoms with van der Waals surface area (Å²) in [5, 5.41) is 0. The molecule has 2 aliphatic carbocycles. The number of fused-ring (bicyclic) bond motifs is 1. The fraction of sp³-hybridized carbons (Fsp3) is 0.400. The van der Waals surface area contributed by atoms with Crippen molar-refractivity contribution in [2.75, 3.05) is 6.61 Å². The van der Waals surface area contributed by atoms with Gasteiger partial charge in [-0.05, 0) is 11.5 Å². The van der Waals surface area contributed by atoms with Gasteiger partial charge in [0.05, 0.1) is 6.61 Å². The summed E-state index contributed by atoms with van der Waals surface area (Å²) in [6.07, 6.45) is 4.45. The topological polar surface area (TPSA) is 26.3 Å². The zero-order chi connectivity index (χ0) is 11.7. The van der Waals surface area contributed by atoms with Gasteiger partial charge in [0.1, 0.15) is 5.41 Å². The molecular weight excluding hydrogens is 212 g/mol. The molecule has 86 valence electrons. The highest BCUT2D eigenvalue weighted by Crippen LogP contribution is 2.79. The second kappa shape index (κ2) is 2.63. The van der Waals surface area contributed by atoms with Crippen LogP contribution < -0.4 is 0 Å². The van der Waals surface area contributed by atoms with Crippen LogP contribution in [0.25, 0.3) is 0 Å². The average Bonchev–Trinajstić information content (AvgIpc) is 2.63. The zero-order valence-electron chi connectivity index (χ0n) is 9.72. The van der Waals surface area contributed by atoms with Crippen molar-refractivity contribution in [1.29, 1.82) is 0 Å². The van der Waals surface area contributed by atoms with Crippen molar-refractivity contribution in [3.8, 4) is 0 Å². The van der Waals surface area contributed by atoms with E-state index in [0.717, 1.165) is 5.56 Å². The molecule has 2 heteroatoms. The Kier molecular flexibility index (Phi) is 1.47. The van der Waals surface area contributed by atoms with Crippen LogP contribution in [-0.4, -0.2) is 12.6 Å². The third-order valence-electron chi connectivity index (χ3n) is 5.07. The second-order valence-corrected chi connectivity index (χ2v) is 5.44. The number of rotatable bonds is 1. The molecule has 3 aliphatic rings. The molecule has 1 heterocycles. The number of carbonyl (C=O) groups excluding carboxylic acids is 1. The van der Waals surface area contributed by atoms with Gasteiger partial charge in [-0.1, -0.05) is 49.4 Å². The van der Waals surface area contributed by atoms with Crippen molar-refractivity contribution < 1.29 is 9.53 Å². The lowest BCUT2D eigenvalue weighted by atomic mass is 9.80. The van der Waals surface area contributed by atoms with Crippen molar-refractivity contribution in [2.45, 2.75) is 12.3 Å². The summed E-state index contributed by atoms with van der Waals surface area (Å²) in [5.41, 5.74) is 0.775. The van der Waals surface area contributed by atoms with Crippen LogP contribution in [0.3, 0.4) is 0 Å². The summed E-state index contributed by atoms with van der Waals surface area (Å²) in [6, 6.07) is 10.1. The first-order chi connectivity index (χ1) is 8.24. The van der Waals surface area contributed by atoms with Gasteiger partial charge in [0.25, 0.3) is 0 Å². The number of hydrogen-bond acceptors (Lipinski definition) is 2. The molecule has 1 aromatic carbocycles. The molecular formula is C15H14O2. The lowest BCUT2D eigenvalue weighted by Crippen LogP contribution is -2.25. The summed E-state index contributed by atoms with van der Waals surface area (Å²) >= 11 is 0. The van der Waals surface area contributed by atoms with Gasteiger partial charge >= 0.3 is 5.97 Å². The molecule has 0 amide bonds. The minimum atomic E-state index is -0.373. The van der Waals surface area contributed by atoms with Crippen molar-refractivity contribution >= 4 is 5.97 Å². The van der Waals surface area contributed by atoms with Gasteiger partial charge < -0.3 is 4.74 Å². The first-order valence-corrected chi connectivity index (χ1v) is 6.15. The summed E-state index contributed by atoms with van der Waals surface area (Å²) in [6.45, 7) is 2.78. The number of carbonyl (C=O) groups is 1.